The number of nitrogens with two attached hydrogens (primary N) is 2. The van der Waals surface area contributed by atoms with E-state index in [4.69, 9.17) is 16.8 Å². The Morgan fingerprint density at radius 1 is 1.12 bits per heavy atom. The van der Waals surface area contributed by atoms with E-state index in [-0.39, 0.29) is 5.69 Å². The highest BCUT2D eigenvalue weighted by atomic mass is 16.4. The van der Waals surface area contributed by atoms with Gasteiger partial charge in [-0.25, -0.2) is 26.4 Å². The first kappa shape index (κ1) is 12.5. The van der Waals surface area contributed by atoms with Crippen LogP contribution in [0.5, 0.6) is 0 Å². The Morgan fingerprint density at radius 2 is 1.71 bits per heavy atom. The number of hydrogen-bond acceptors (Lipinski definition) is 7. The van der Waals surface area contributed by atoms with Gasteiger partial charge in [-0.15, -0.1) is 0 Å². The van der Waals surface area contributed by atoms with Gasteiger partial charge >= 0.3 is 5.97 Å². The molecule has 0 saturated heterocycles. The number of carboxylic acids is 1. The molecule has 10 heteroatoms. The summed E-state index contributed by atoms with van der Waals surface area (Å²) in [6.07, 6.45) is 0.874. The molecule has 0 radical (unpaired) electrons. The molecule has 0 atom stereocenters. The van der Waals surface area contributed by atoms with Gasteiger partial charge in [0.1, 0.15) is 5.69 Å². The highest BCUT2D eigenvalue weighted by Gasteiger charge is 2.21. The Morgan fingerprint density at radius 3 is 2.18 bits per heavy atom. The van der Waals surface area contributed by atoms with Crippen LogP contribution in [0.25, 0.3) is 0 Å². The molecule has 0 aliphatic carbocycles. The predicted octanol–water partition coefficient (Wildman–Crippen LogP) is -2.62. The molecular formula is C7H8N6O4. The van der Waals surface area contributed by atoms with Crippen LogP contribution in [0.2, 0.25) is 0 Å². The Hall–Kier alpha value is -2.59. The van der Waals surface area contributed by atoms with Gasteiger partial charge < -0.3 is 5.11 Å². The number of hydrogen-bond donors (Lipinski definition) is 5. The van der Waals surface area contributed by atoms with Gasteiger partial charge in [0.15, 0.2) is 11.4 Å². The van der Waals surface area contributed by atoms with Crippen LogP contribution in [0.3, 0.4) is 0 Å². The number of carbonyl (C=O) groups is 3. The summed E-state index contributed by atoms with van der Waals surface area (Å²) in [7, 11) is 0. The van der Waals surface area contributed by atoms with Gasteiger partial charge in [-0.1, -0.05) is 0 Å². The summed E-state index contributed by atoms with van der Waals surface area (Å²) >= 11 is 0. The lowest BCUT2D eigenvalue weighted by Crippen LogP contribution is -2.35. The molecule has 0 fully saturated rings. The van der Waals surface area contributed by atoms with Gasteiger partial charge in [-0.3, -0.25) is 20.4 Å². The summed E-state index contributed by atoms with van der Waals surface area (Å²) in [5, 5.41) is 8.75. The van der Waals surface area contributed by atoms with E-state index in [0.29, 0.717) is 0 Å². The lowest BCUT2D eigenvalue weighted by atomic mass is 10.2. The third-order valence-corrected chi connectivity index (χ3v) is 1.68. The summed E-state index contributed by atoms with van der Waals surface area (Å²) < 4.78 is 0. The standard InChI is InChI=1S/C7H8N6O4/c8-12-5(14)2-1-10-4(7(16)17)3(11-2)6(15)13-9/h1H,8-9H2,(H,12,14)(H,13,15)(H,16,17). The number of hydrazine groups is 2. The zero-order valence-corrected chi connectivity index (χ0v) is 8.30. The maximum absolute atomic E-state index is 11.2. The molecule has 1 aromatic rings. The first-order valence-corrected chi connectivity index (χ1v) is 4.13. The zero-order chi connectivity index (χ0) is 13.0. The molecule has 7 N–H and O–H groups in total. The molecule has 2 amide bonds. The van der Waals surface area contributed by atoms with Crippen molar-refractivity contribution in [3.63, 3.8) is 0 Å². The highest BCUT2D eigenvalue weighted by Crippen LogP contribution is 2.04. The number of nitrogens with one attached hydrogen (secondary N) is 2. The van der Waals surface area contributed by atoms with E-state index in [0.717, 1.165) is 6.20 Å². The average molecular weight is 240 g/mol. The van der Waals surface area contributed by atoms with Crippen LogP contribution >= 0.6 is 0 Å². The first-order valence-electron chi connectivity index (χ1n) is 4.13. The van der Waals surface area contributed by atoms with Gasteiger partial charge in [0, 0.05) is 0 Å². The molecule has 0 saturated carbocycles. The van der Waals surface area contributed by atoms with Gasteiger partial charge in [-0.05, 0) is 0 Å². The van der Waals surface area contributed by atoms with E-state index in [2.05, 4.69) is 9.97 Å². The van der Waals surface area contributed by atoms with Crippen LogP contribution in [0.1, 0.15) is 31.5 Å². The maximum Gasteiger partial charge on any atom is 0.356 e. The fourth-order valence-corrected chi connectivity index (χ4v) is 0.956. The summed E-state index contributed by atoms with van der Waals surface area (Å²) in [5.41, 5.74) is 1.94. The van der Waals surface area contributed by atoms with Crippen LogP contribution in [-0.2, 0) is 0 Å². The quantitative estimate of drug-likeness (QED) is 0.217. The Kier molecular flexibility index (Phi) is 3.64. The van der Waals surface area contributed by atoms with Crippen molar-refractivity contribution in [2.24, 2.45) is 11.7 Å². The Balaban J connectivity index is 3.34. The third kappa shape index (κ3) is 2.50. The van der Waals surface area contributed by atoms with E-state index >= 15 is 0 Å². The van der Waals surface area contributed by atoms with E-state index in [1.165, 1.54) is 0 Å². The molecular weight excluding hydrogens is 232 g/mol. The zero-order valence-electron chi connectivity index (χ0n) is 8.30. The van der Waals surface area contributed by atoms with Gasteiger partial charge in [0.05, 0.1) is 6.20 Å². The summed E-state index contributed by atoms with van der Waals surface area (Å²) in [6, 6.07) is 0. The monoisotopic (exact) mass is 240 g/mol. The molecule has 90 valence electrons. The number of aromatic nitrogens is 2. The van der Waals surface area contributed by atoms with Gasteiger partial charge in [0.2, 0.25) is 0 Å². The van der Waals surface area contributed by atoms with Crippen LogP contribution in [0.15, 0.2) is 6.20 Å². The van der Waals surface area contributed by atoms with E-state index < -0.39 is 29.2 Å². The van der Waals surface area contributed by atoms with Gasteiger partial charge in [-0.2, -0.15) is 0 Å². The molecule has 0 aliphatic heterocycles. The van der Waals surface area contributed by atoms with Crippen LogP contribution in [0, 0.1) is 0 Å². The van der Waals surface area contributed by atoms with Crippen molar-refractivity contribution in [3.05, 3.63) is 23.3 Å². The van der Waals surface area contributed by atoms with Crippen molar-refractivity contribution < 1.29 is 19.5 Å². The second-order valence-electron chi connectivity index (χ2n) is 2.70. The van der Waals surface area contributed by atoms with Gasteiger partial charge in [0.25, 0.3) is 11.8 Å². The number of carboxylic acid groups (broad SMARTS) is 1. The number of amides is 2. The molecule has 1 aromatic heterocycles. The van der Waals surface area contributed by atoms with Crippen molar-refractivity contribution in [2.45, 2.75) is 0 Å². The fraction of sp³-hybridized carbons (Fsp3) is 0. The van der Waals surface area contributed by atoms with Crippen molar-refractivity contribution in [1.82, 2.24) is 20.8 Å². The second-order valence-corrected chi connectivity index (χ2v) is 2.70. The molecule has 10 nitrogen and oxygen atoms in total. The predicted molar refractivity (Wildman–Crippen MR) is 52.3 cm³/mol. The molecule has 0 bridgehead atoms. The van der Waals surface area contributed by atoms with E-state index in [1.54, 1.807) is 10.9 Å². The summed E-state index contributed by atoms with van der Waals surface area (Å²) in [5.74, 6) is 6.42. The van der Waals surface area contributed by atoms with Crippen molar-refractivity contribution in [3.8, 4) is 0 Å². The summed E-state index contributed by atoms with van der Waals surface area (Å²) in [4.78, 5) is 40.0. The average Bonchev–Trinajstić information content (AvgIpc) is 2.35. The number of nitrogen functional groups attached to an aromatic ring is 2. The topological polar surface area (TPSA) is 173 Å². The lowest BCUT2D eigenvalue weighted by molar-refractivity contribution is 0.0682. The smallest absolute Gasteiger partial charge is 0.356 e. The summed E-state index contributed by atoms with van der Waals surface area (Å²) in [6.45, 7) is 0. The van der Waals surface area contributed by atoms with Crippen molar-refractivity contribution in [2.75, 3.05) is 0 Å². The first-order chi connectivity index (χ1) is 8.01. The minimum absolute atomic E-state index is 0.309. The second kappa shape index (κ2) is 4.96. The van der Waals surface area contributed by atoms with Crippen molar-refractivity contribution in [1.29, 1.82) is 0 Å². The number of rotatable bonds is 3. The molecule has 17 heavy (non-hydrogen) atoms. The SMILES string of the molecule is NNC(=O)c1cnc(C(=O)O)c(C(=O)NN)n1. The molecule has 0 unspecified atom stereocenters. The van der Waals surface area contributed by atoms with Crippen LogP contribution in [-0.4, -0.2) is 32.9 Å². The van der Waals surface area contributed by atoms with Crippen LogP contribution < -0.4 is 22.5 Å². The number of aromatic carboxylic acids is 1. The normalized spacial score (nSPS) is 9.53. The van der Waals surface area contributed by atoms with E-state index in [9.17, 15) is 14.4 Å². The van der Waals surface area contributed by atoms with E-state index in [1.807, 2.05) is 0 Å². The van der Waals surface area contributed by atoms with Crippen molar-refractivity contribution >= 4 is 17.8 Å². The molecule has 1 rings (SSSR count). The molecule has 0 aliphatic rings. The minimum Gasteiger partial charge on any atom is -0.476 e. The molecule has 0 aromatic carbocycles. The third-order valence-electron chi connectivity index (χ3n) is 1.68. The Labute approximate surface area is 94.0 Å². The fourth-order valence-electron chi connectivity index (χ4n) is 0.956. The number of nitrogens with zero attached hydrogens (tertiary/aromatic N) is 2. The lowest BCUT2D eigenvalue weighted by Gasteiger charge is -2.04. The molecule has 1 heterocycles. The number of carbonyl (C=O) groups excluding carboxylic acids is 2. The van der Waals surface area contributed by atoms with Crippen LogP contribution in [0.4, 0.5) is 0 Å². The Bertz CT molecular complexity index is 487. The molecule has 0 spiro atoms. The minimum atomic E-state index is -1.48. The largest absolute Gasteiger partial charge is 0.476 e. The maximum atomic E-state index is 11.2. The highest BCUT2D eigenvalue weighted by molar-refractivity contribution is 6.03.